The maximum absolute atomic E-state index is 4.43. The minimum absolute atomic E-state index is 0.710. The summed E-state index contributed by atoms with van der Waals surface area (Å²) in [5, 5.41) is 8.58. The molecule has 0 saturated carbocycles. The number of rotatable bonds is 3. The first-order valence-corrected chi connectivity index (χ1v) is 7.33. The second-order valence-corrected chi connectivity index (χ2v) is 5.88. The first kappa shape index (κ1) is 11.6. The molecule has 3 aromatic rings. The van der Waals surface area contributed by atoms with Gasteiger partial charge >= 0.3 is 0 Å². The Morgan fingerprint density at radius 3 is 2.83 bits per heavy atom. The summed E-state index contributed by atoms with van der Waals surface area (Å²) in [5.41, 5.74) is 3.30. The molecule has 0 amide bonds. The van der Waals surface area contributed by atoms with E-state index < -0.39 is 0 Å². The van der Waals surface area contributed by atoms with Crippen LogP contribution in [0.4, 0.5) is 5.82 Å². The van der Waals surface area contributed by atoms with Gasteiger partial charge in [0.2, 0.25) is 0 Å². The van der Waals surface area contributed by atoms with Gasteiger partial charge in [0.05, 0.1) is 16.8 Å². The highest BCUT2D eigenvalue weighted by Gasteiger charge is 2.08. The summed E-state index contributed by atoms with van der Waals surface area (Å²) in [6.45, 7) is 4.78. The second kappa shape index (κ2) is 4.62. The summed E-state index contributed by atoms with van der Waals surface area (Å²) in [5.74, 6) is 0.894. The van der Waals surface area contributed by atoms with Gasteiger partial charge in [-0.2, -0.15) is 0 Å². The van der Waals surface area contributed by atoms with Crippen LogP contribution in [0.5, 0.6) is 0 Å². The van der Waals surface area contributed by atoms with Gasteiger partial charge in [0, 0.05) is 11.1 Å². The number of nitrogens with zero attached hydrogens (tertiary/aromatic N) is 3. The molecule has 6 heteroatoms. The SMILES string of the molecule is Cc1csc(CNc2ncnc3c(C)csc23)n1. The van der Waals surface area contributed by atoms with Crippen LogP contribution in [-0.2, 0) is 6.54 Å². The highest BCUT2D eigenvalue weighted by Crippen LogP contribution is 2.28. The number of anilines is 1. The van der Waals surface area contributed by atoms with E-state index in [-0.39, 0.29) is 0 Å². The summed E-state index contributed by atoms with van der Waals surface area (Å²) < 4.78 is 1.11. The predicted molar refractivity (Wildman–Crippen MR) is 76.3 cm³/mol. The van der Waals surface area contributed by atoms with Crippen LogP contribution in [0.15, 0.2) is 17.1 Å². The van der Waals surface area contributed by atoms with Crippen LogP contribution in [0.25, 0.3) is 10.2 Å². The van der Waals surface area contributed by atoms with Crippen molar-refractivity contribution in [2.24, 2.45) is 0 Å². The molecule has 0 bridgehead atoms. The van der Waals surface area contributed by atoms with Crippen molar-refractivity contribution in [1.82, 2.24) is 15.0 Å². The lowest BCUT2D eigenvalue weighted by Gasteiger charge is -2.03. The van der Waals surface area contributed by atoms with Crippen molar-refractivity contribution in [3.63, 3.8) is 0 Å². The minimum atomic E-state index is 0.710. The molecule has 3 aromatic heterocycles. The van der Waals surface area contributed by atoms with E-state index in [1.165, 1.54) is 5.56 Å². The van der Waals surface area contributed by atoms with Gasteiger partial charge in [0.15, 0.2) is 0 Å². The molecule has 0 aliphatic carbocycles. The van der Waals surface area contributed by atoms with E-state index in [0.717, 1.165) is 26.7 Å². The maximum atomic E-state index is 4.43. The number of thiophene rings is 1. The van der Waals surface area contributed by atoms with Crippen LogP contribution in [-0.4, -0.2) is 15.0 Å². The fourth-order valence-corrected chi connectivity index (χ4v) is 3.42. The third kappa shape index (κ3) is 2.09. The number of fused-ring (bicyclic) bond motifs is 1. The summed E-state index contributed by atoms with van der Waals surface area (Å²) >= 11 is 3.34. The molecular weight excluding hydrogens is 264 g/mol. The molecule has 0 fully saturated rings. The van der Waals surface area contributed by atoms with Crippen LogP contribution >= 0.6 is 22.7 Å². The Balaban J connectivity index is 1.86. The lowest BCUT2D eigenvalue weighted by Crippen LogP contribution is -2.01. The van der Waals surface area contributed by atoms with E-state index in [9.17, 15) is 0 Å². The number of aromatic nitrogens is 3. The third-order valence-electron chi connectivity index (χ3n) is 2.60. The van der Waals surface area contributed by atoms with Crippen molar-refractivity contribution in [3.8, 4) is 0 Å². The molecule has 1 N–H and O–H groups in total. The van der Waals surface area contributed by atoms with E-state index in [2.05, 4.69) is 38.0 Å². The lowest BCUT2D eigenvalue weighted by molar-refractivity contribution is 1.06. The van der Waals surface area contributed by atoms with Crippen LogP contribution in [0, 0.1) is 13.8 Å². The molecule has 0 unspecified atom stereocenters. The van der Waals surface area contributed by atoms with Crippen LogP contribution in [0.3, 0.4) is 0 Å². The molecule has 3 heterocycles. The average molecular weight is 276 g/mol. The largest absolute Gasteiger partial charge is 0.362 e. The van der Waals surface area contributed by atoms with Crippen molar-refractivity contribution >= 4 is 38.7 Å². The fraction of sp³-hybridized carbons (Fsp3) is 0.250. The average Bonchev–Trinajstić information content (AvgIpc) is 2.94. The van der Waals surface area contributed by atoms with E-state index in [1.807, 2.05) is 6.92 Å². The van der Waals surface area contributed by atoms with Crippen LogP contribution in [0.1, 0.15) is 16.3 Å². The summed E-state index contributed by atoms with van der Waals surface area (Å²) in [7, 11) is 0. The van der Waals surface area contributed by atoms with Crippen molar-refractivity contribution in [3.05, 3.63) is 33.4 Å². The Bertz CT molecular complexity index is 686. The normalized spacial score (nSPS) is 11.0. The van der Waals surface area contributed by atoms with E-state index in [4.69, 9.17) is 0 Å². The van der Waals surface area contributed by atoms with Gasteiger partial charge in [0.25, 0.3) is 0 Å². The standard InChI is InChI=1S/C12H12N4S2/c1-7-4-18-11-10(7)14-6-15-12(11)13-3-9-16-8(2)5-17-9/h4-6H,3H2,1-2H3,(H,13,14,15). The molecule has 0 aliphatic rings. The van der Waals surface area contributed by atoms with E-state index >= 15 is 0 Å². The van der Waals surface area contributed by atoms with E-state index in [0.29, 0.717) is 6.54 Å². The molecule has 3 rings (SSSR count). The van der Waals surface area contributed by atoms with Gasteiger partial charge in [-0.05, 0) is 24.8 Å². The Morgan fingerprint density at radius 2 is 2.06 bits per heavy atom. The Kier molecular flexibility index (Phi) is 2.97. The fourth-order valence-electron chi connectivity index (χ4n) is 1.74. The third-order valence-corrected chi connectivity index (χ3v) is 4.66. The molecule has 0 aromatic carbocycles. The molecule has 0 radical (unpaired) electrons. The first-order chi connectivity index (χ1) is 8.74. The Hall–Kier alpha value is -1.53. The zero-order valence-corrected chi connectivity index (χ0v) is 11.7. The highest BCUT2D eigenvalue weighted by atomic mass is 32.1. The molecule has 0 saturated heterocycles. The van der Waals surface area contributed by atoms with Gasteiger partial charge in [-0.3, -0.25) is 0 Å². The number of nitrogens with one attached hydrogen (secondary N) is 1. The molecule has 0 spiro atoms. The molecule has 0 atom stereocenters. The molecule has 4 nitrogen and oxygen atoms in total. The van der Waals surface area contributed by atoms with Crippen LogP contribution in [0.2, 0.25) is 0 Å². The van der Waals surface area contributed by atoms with Gasteiger partial charge < -0.3 is 5.32 Å². The van der Waals surface area contributed by atoms with Crippen molar-refractivity contribution < 1.29 is 0 Å². The zero-order valence-electron chi connectivity index (χ0n) is 10.1. The molecule has 18 heavy (non-hydrogen) atoms. The smallest absolute Gasteiger partial charge is 0.147 e. The summed E-state index contributed by atoms with van der Waals surface area (Å²) in [4.78, 5) is 13.0. The van der Waals surface area contributed by atoms with Gasteiger partial charge in [-0.15, -0.1) is 22.7 Å². The minimum Gasteiger partial charge on any atom is -0.362 e. The Morgan fingerprint density at radius 1 is 1.17 bits per heavy atom. The number of thiazole rings is 1. The zero-order chi connectivity index (χ0) is 12.5. The number of hydrogen-bond acceptors (Lipinski definition) is 6. The number of hydrogen-bond donors (Lipinski definition) is 1. The van der Waals surface area contributed by atoms with Gasteiger partial charge in [-0.1, -0.05) is 0 Å². The quantitative estimate of drug-likeness (QED) is 0.796. The lowest BCUT2D eigenvalue weighted by atomic mass is 10.3. The second-order valence-electron chi connectivity index (χ2n) is 4.05. The molecular formula is C12H12N4S2. The Labute approximate surface area is 113 Å². The van der Waals surface area contributed by atoms with Crippen molar-refractivity contribution in [1.29, 1.82) is 0 Å². The van der Waals surface area contributed by atoms with Crippen molar-refractivity contribution in [2.45, 2.75) is 20.4 Å². The predicted octanol–water partition coefficient (Wildman–Crippen LogP) is 3.38. The first-order valence-electron chi connectivity index (χ1n) is 5.57. The summed E-state index contributed by atoms with van der Waals surface area (Å²) in [6, 6.07) is 0. The van der Waals surface area contributed by atoms with Gasteiger partial charge in [-0.25, -0.2) is 15.0 Å². The van der Waals surface area contributed by atoms with Crippen molar-refractivity contribution in [2.75, 3.05) is 5.32 Å². The topological polar surface area (TPSA) is 50.7 Å². The van der Waals surface area contributed by atoms with Gasteiger partial charge in [0.1, 0.15) is 17.2 Å². The monoisotopic (exact) mass is 276 g/mol. The van der Waals surface area contributed by atoms with Crippen LogP contribution < -0.4 is 5.32 Å². The molecule has 0 aliphatic heterocycles. The molecule has 92 valence electrons. The van der Waals surface area contributed by atoms with E-state index in [1.54, 1.807) is 29.0 Å². The summed E-state index contributed by atoms with van der Waals surface area (Å²) in [6.07, 6.45) is 1.61. The number of aryl methyl sites for hydroxylation is 2. The highest BCUT2D eigenvalue weighted by molar-refractivity contribution is 7.18. The maximum Gasteiger partial charge on any atom is 0.147 e.